The molecule has 0 aromatic heterocycles. The first-order valence-corrected chi connectivity index (χ1v) is 6.64. The highest BCUT2D eigenvalue weighted by Gasteiger charge is 2.09. The highest BCUT2D eigenvalue weighted by Crippen LogP contribution is 2.19. The Morgan fingerprint density at radius 2 is 1.95 bits per heavy atom. The van der Waals surface area contributed by atoms with Crippen molar-refractivity contribution < 1.29 is 9.18 Å². The quantitative estimate of drug-likeness (QED) is 0.875. The molecular weight excluding hydrogens is 309 g/mol. The molecule has 2 aromatic carbocycles. The van der Waals surface area contributed by atoms with Gasteiger partial charge in [-0.15, -0.1) is 0 Å². The fourth-order valence-electron chi connectivity index (χ4n) is 1.88. The summed E-state index contributed by atoms with van der Waals surface area (Å²) in [5.41, 5.74) is 7.83. The molecular formula is C15H13BrFNO. The van der Waals surface area contributed by atoms with Crippen molar-refractivity contribution in [1.29, 1.82) is 0 Å². The van der Waals surface area contributed by atoms with Crippen LogP contribution in [-0.4, -0.2) is 5.78 Å². The molecule has 0 radical (unpaired) electrons. The molecule has 2 rings (SSSR count). The molecule has 0 atom stereocenters. The summed E-state index contributed by atoms with van der Waals surface area (Å²) in [7, 11) is 0. The van der Waals surface area contributed by atoms with Gasteiger partial charge in [0.25, 0.3) is 0 Å². The lowest BCUT2D eigenvalue weighted by Crippen LogP contribution is -2.07. The van der Waals surface area contributed by atoms with E-state index in [9.17, 15) is 9.18 Å². The minimum Gasteiger partial charge on any atom is -0.399 e. The lowest BCUT2D eigenvalue weighted by atomic mass is 10.0. The van der Waals surface area contributed by atoms with Crippen molar-refractivity contribution in [2.24, 2.45) is 0 Å². The van der Waals surface area contributed by atoms with Crippen LogP contribution in [0.5, 0.6) is 0 Å². The summed E-state index contributed by atoms with van der Waals surface area (Å²) in [5, 5.41) is 0. The predicted molar refractivity (Wildman–Crippen MR) is 77.4 cm³/mol. The predicted octanol–water partition coefficient (Wildman–Crippen LogP) is 3.52. The third kappa shape index (κ3) is 3.89. The van der Waals surface area contributed by atoms with Crippen molar-refractivity contribution in [2.75, 3.05) is 5.73 Å². The maximum atomic E-state index is 13.1. The minimum atomic E-state index is -0.338. The molecule has 0 amide bonds. The number of anilines is 1. The number of hydrogen-bond acceptors (Lipinski definition) is 2. The zero-order valence-corrected chi connectivity index (χ0v) is 11.8. The molecule has 0 heterocycles. The van der Waals surface area contributed by atoms with Gasteiger partial charge in [0, 0.05) is 23.0 Å². The van der Waals surface area contributed by atoms with Crippen molar-refractivity contribution in [3.8, 4) is 0 Å². The molecule has 0 aliphatic rings. The maximum absolute atomic E-state index is 13.1. The molecule has 0 bridgehead atoms. The molecule has 2 aromatic rings. The summed E-state index contributed by atoms with van der Waals surface area (Å²) in [5.74, 6) is -0.313. The van der Waals surface area contributed by atoms with E-state index in [0.29, 0.717) is 17.7 Å². The fraction of sp³-hybridized carbons (Fsp3) is 0.133. The van der Waals surface area contributed by atoms with E-state index >= 15 is 0 Å². The number of rotatable bonds is 4. The first kappa shape index (κ1) is 13.7. The highest BCUT2D eigenvalue weighted by molar-refractivity contribution is 9.10. The molecule has 2 N–H and O–H groups in total. The van der Waals surface area contributed by atoms with E-state index in [1.165, 1.54) is 12.1 Å². The Bertz CT molecular complexity index is 613. The first-order valence-electron chi connectivity index (χ1n) is 5.84. The standard InChI is InChI=1S/C15H13BrFNO/c16-15-5-4-12(17)8-11(15)9-14(19)7-10-2-1-3-13(18)6-10/h1-6,8H,7,9,18H2. The number of nitrogens with two attached hydrogens (primary N) is 1. The number of carbonyl (C=O) groups is 1. The number of Topliss-reactive ketones (excluding diaryl/α,β-unsaturated/α-hetero) is 1. The van der Waals surface area contributed by atoms with E-state index in [2.05, 4.69) is 15.9 Å². The topological polar surface area (TPSA) is 43.1 Å². The third-order valence-corrected chi connectivity index (χ3v) is 3.52. The maximum Gasteiger partial charge on any atom is 0.141 e. The van der Waals surface area contributed by atoms with Gasteiger partial charge >= 0.3 is 0 Å². The van der Waals surface area contributed by atoms with E-state index in [1.807, 2.05) is 12.1 Å². The normalized spacial score (nSPS) is 10.4. The fourth-order valence-corrected chi connectivity index (χ4v) is 2.27. The van der Waals surface area contributed by atoms with Gasteiger partial charge in [-0.25, -0.2) is 4.39 Å². The molecule has 0 fully saturated rings. The Balaban J connectivity index is 2.07. The zero-order chi connectivity index (χ0) is 13.8. The number of hydrogen-bond donors (Lipinski definition) is 1. The van der Waals surface area contributed by atoms with Gasteiger partial charge in [0.2, 0.25) is 0 Å². The minimum absolute atomic E-state index is 0.0249. The van der Waals surface area contributed by atoms with Gasteiger partial charge < -0.3 is 5.73 Å². The van der Waals surface area contributed by atoms with Gasteiger partial charge in [-0.05, 0) is 41.5 Å². The van der Waals surface area contributed by atoms with Crippen LogP contribution in [0.4, 0.5) is 10.1 Å². The van der Waals surface area contributed by atoms with Crippen molar-refractivity contribution in [2.45, 2.75) is 12.8 Å². The number of carbonyl (C=O) groups excluding carboxylic acids is 1. The van der Waals surface area contributed by atoms with Crippen molar-refractivity contribution in [3.05, 3.63) is 63.9 Å². The average molecular weight is 322 g/mol. The summed E-state index contributed by atoms with van der Waals surface area (Å²) in [4.78, 5) is 12.0. The van der Waals surface area contributed by atoms with Crippen LogP contribution in [0.15, 0.2) is 46.9 Å². The van der Waals surface area contributed by atoms with Gasteiger partial charge in [-0.3, -0.25) is 4.79 Å². The average Bonchev–Trinajstić information content (AvgIpc) is 2.34. The van der Waals surface area contributed by atoms with Crippen LogP contribution in [0.25, 0.3) is 0 Å². The van der Waals surface area contributed by atoms with E-state index in [0.717, 1.165) is 10.0 Å². The van der Waals surface area contributed by atoms with Crippen LogP contribution in [0.2, 0.25) is 0 Å². The first-order chi connectivity index (χ1) is 9.04. The summed E-state index contributed by atoms with van der Waals surface area (Å²) >= 11 is 3.32. The van der Waals surface area contributed by atoms with E-state index < -0.39 is 0 Å². The van der Waals surface area contributed by atoms with Crippen LogP contribution in [-0.2, 0) is 17.6 Å². The number of nitrogen functional groups attached to an aromatic ring is 1. The smallest absolute Gasteiger partial charge is 0.141 e. The largest absolute Gasteiger partial charge is 0.399 e. The molecule has 19 heavy (non-hydrogen) atoms. The molecule has 0 aliphatic carbocycles. The van der Waals surface area contributed by atoms with Crippen molar-refractivity contribution in [3.63, 3.8) is 0 Å². The van der Waals surface area contributed by atoms with Gasteiger partial charge in [0.05, 0.1) is 0 Å². The molecule has 0 saturated heterocycles. The second kappa shape index (κ2) is 5.97. The summed E-state index contributed by atoms with van der Waals surface area (Å²) in [6.45, 7) is 0. The third-order valence-electron chi connectivity index (χ3n) is 2.75. The molecule has 0 aliphatic heterocycles. The number of halogens is 2. The number of ketones is 1. The van der Waals surface area contributed by atoms with E-state index in [1.54, 1.807) is 18.2 Å². The van der Waals surface area contributed by atoms with Crippen LogP contribution < -0.4 is 5.73 Å². The monoisotopic (exact) mass is 321 g/mol. The van der Waals surface area contributed by atoms with Gasteiger partial charge in [0.1, 0.15) is 11.6 Å². The van der Waals surface area contributed by atoms with Crippen LogP contribution in [0, 0.1) is 5.82 Å². The Morgan fingerprint density at radius 1 is 1.16 bits per heavy atom. The van der Waals surface area contributed by atoms with Crippen molar-refractivity contribution >= 4 is 27.4 Å². The molecule has 0 unspecified atom stereocenters. The van der Waals surface area contributed by atoms with Crippen molar-refractivity contribution in [1.82, 2.24) is 0 Å². The second-order valence-corrected chi connectivity index (χ2v) is 5.23. The van der Waals surface area contributed by atoms with Crippen LogP contribution in [0.1, 0.15) is 11.1 Å². The van der Waals surface area contributed by atoms with Gasteiger partial charge in [0.15, 0.2) is 0 Å². The van der Waals surface area contributed by atoms with Gasteiger partial charge in [-0.2, -0.15) is 0 Å². The summed E-state index contributed by atoms with van der Waals surface area (Å²) in [6.07, 6.45) is 0.501. The molecule has 98 valence electrons. The summed E-state index contributed by atoms with van der Waals surface area (Å²) < 4.78 is 13.9. The second-order valence-electron chi connectivity index (χ2n) is 4.37. The molecule has 4 heteroatoms. The summed E-state index contributed by atoms with van der Waals surface area (Å²) in [6, 6.07) is 11.6. The Morgan fingerprint density at radius 3 is 2.68 bits per heavy atom. The van der Waals surface area contributed by atoms with Crippen LogP contribution in [0.3, 0.4) is 0 Å². The molecule has 2 nitrogen and oxygen atoms in total. The van der Waals surface area contributed by atoms with Crippen LogP contribution >= 0.6 is 15.9 Å². The Labute approximate surface area is 119 Å². The molecule has 0 spiro atoms. The lowest BCUT2D eigenvalue weighted by Gasteiger charge is -2.05. The van der Waals surface area contributed by atoms with Gasteiger partial charge in [-0.1, -0.05) is 28.1 Å². The number of benzene rings is 2. The Hall–Kier alpha value is -1.68. The zero-order valence-electron chi connectivity index (χ0n) is 10.2. The van der Waals surface area contributed by atoms with E-state index in [-0.39, 0.29) is 18.0 Å². The highest BCUT2D eigenvalue weighted by atomic mass is 79.9. The SMILES string of the molecule is Nc1cccc(CC(=O)Cc2cc(F)ccc2Br)c1. The molecule has 0 saturated carbocycles. The lowest BCUT2D eigenvalue weighted by molar-refractivity contribution is -0.117. The van der Waals surface area contributed by atoms with E-state index in [4.69, 9.17) is 5.73 Å². The Kier molecular flexibility index (Phi) is 4.32.